The van der Waals surface area contributed by atoms with Gasteiger partial charge in [-0.15, -0.1) is 11.3 Å². The molecule has 0 N–H and O–H groups in total. The molecule has 0 unspecified atom stereocenters. The summed E-state index contributed by atoms with van der Waals surface area (Å²) in [5.74, 6) is 0. The van der Waals surface area contributed by atoms with Crippen LogP contribution >= 0.6 is 11.3 Å². The SMILES string of the molecule is c1ccc(-c2c3ccccc3c(-c3ccccc3)c3cc(-c4sc5c(-c6ccccc6)c(-c6ccc7ccccc7c6)c6ccccc6c5c4-c4ccccc4)ccc23)cc1. The first kappa shape index (κ1) is 35.4. The normalized spacial score (nSPS) is 11.6. The van der Waals surface area contributed by atoms with Crippen molar-refractivity contribution in [3.63, 3.8) is 0 Å². The number of benzene rings is 11. The van der Waals surface area contributed by atoms with Gasteiger partial charge in [-0.05, 0) is 105 Å². The smallest absolute Gasteiger partial charge is 0.0446 e. The van der Waals surface area contributed by atoms with Crippen LogP contribution in [-0.2, 0) is 0 Å². The van der Waals surface area contributed by atoms with E-state index in [1.807, 2.05) is 11.3 Å². The maximum Gasteiger partial charge on any atom is 0.0446 e. The maximum atomic E-state index is 2.49. The van der Waals surface area contributed by atoms with E-state index in [1.54, 1.807) is 0 Å². The molecule has 0 amide bonds. The molecule has 1 aromatic heterocycles. The van der Waals surface area contributed by atoms with Crippen LogP contribution in [0.5, 0.6) is 0 Å². The molecule has 0 bridgehead atoms. The Hall–Kier alpha value is -7.58. The summed E-state index contributed by atoms with van der Waals surface area (Å²) in [6.07, 6.45) is 0. The van der Waals surface area contributed by atoms with Crippen LogP contribution in [-0.4, -0.2) is 0 Å². The Morgan fingerprint density at radius 2 is 0.656 bits per heavy atom. The minimum Gasteiger partial charge on any atom is -0.134 e. The lowest BCUT2D eigenvalue weighted by atomic mass is 9.84. The van der Waals surface area contributed by atoms with Crippen molar-refractivity contribution in [3.05, 3.63) is 231 Å². The van der Waals surface area contributed by atoms with E-state index >= 15 is 0 Å². The predicted molar refractivity (Wildman–Crippen MR) is 264 cm³/mol. The van der Waals surface area contributed by atoms with E-state index in [0.717, 1.165) is 0 Å². The molecule has 0 fully saturated rings. The summed E-state index contributed by atoms with van der Waals surface area (Å²) in [7, 11) is 0. The fraction of sp³-hybridized carbons (Fsp3) is 0. The van der Waals surface area contributed by atoms with Crippen molar-refractivity contribution >= 4 is 64.5 Å². The highest BCUT2D eigenvalue weighted by Gasteiger charge is 2.26. The zero-order valence-electron chi connectivity index (χ0n) is 33.3. The van der Waals surface area contributed by atoms with Gasteiger partial charge in [0.25, 0.3) is 0 Å². The lowest BCUT2D eigenvalue weighted by molar-refractivity contribution is 1.64. The molecule has 12 rings (SSSR count). The van der Waals surface area contributed by atoms with Gasteiger partial charge in [0.15, 0.2) is 0 Å². The third-order valence-electron chi connectivity index (χ3n) is 12.4. The Balaban J connectivity index is 1.24. The summed E-state index contributed by atoms with van der Waals surface area (Å²) < 4.78 is 1.30. The van der Waals surface area contributed by atoms with Crippen LogP contribution in [0.25, 0.3) is 119 Å². The summed E-state index contributed by atoms with van der Waals surface area (Å²) in [6, 6.07) is 84.9. The second-order valence-electron chi connectivity index (χ2n) is 15.9. The van der Waals surface area contributed by atoms with E-state index in [4.69, 9.17) is 0 Å². The average molecular weight is 791 g/mol. The summed E-state index contributed by atoms with van der Waals surface area (Å²) >= 11 is 1.94. The van der Waals surface area contributed by atoms with Crippen LogP contribution in [0.4, 0.5) is 0 Å². The zero-order chi connectivity index (χ0) is 40.3. The third kappa shape index (κ3) is 5.81. The van der Waals surface area contributed by atoms with Crippen LogP contribution in [0.3, 0.4) is 0 Å². The lowest BCUT2D eigenvalue weighted by Crippen LogP contribution is -1.92. The van der Waals surface area contributed by atoms with Gasteiger partial charge in [0.05, 0.1) is 0 Å². The Morgan fingerprint density at radius 1 is 0.230 bits per heavy atom. The van der Waals surface area contributed by atoms with E-state index in [0.29, 0.717) is 0 Å². The second kappa shape index (κ2) is 14.6. The Bertz CT molecular complexity index is 3600. The van der Waals surface area contributed by atoms with Gasteiger partial charge in [0.1, 0.15) is 0 Å². The quantitative estimate of drug-likeness (QED) is 0.147. The minimum absolute atomic E-state index is 1.22. The zero-order valence-corrected chi connectivity index (χ0v) is 34.2. The Morgan fingerprint density at radius 3 is 1.25 bits per heavy atom. The number of hydrogen-bond acceptors (Lipinski definition) is 1. The molecule has 61 heavy (non-hydrogen) atoms. The molecule has 0 aliphatic rings. The largest absolute Gasteiger partial charge is 0.134 e. The predicted octanol–water partition coefficient (Wildman–Crippen LogP) is 17.5. The van der Waals surface area contributed by atoms with Crippen molar-refractivity contribution in [3.8, 4) is 66.1 Å². The van der Waals surface area contributed by atoms with Crippen molar-refractivity contribution in [1.29, 1.82) is 0 Å². The van der Waals surface area contributed by atoms with Crippen LogP contribution < -0.4 is 0 Å². The monoisotopic (exact) mass is 790 g/mol. The molecule has 0 atom stereocenters. The molecule has 0 radical (unpaired) electrons. The molecular weight excluding hydrogens is 753 g/mol. The molecule has 284 valence electrons. The number of rotatable bonds is 6. The molecule has 0 nitrogen and oxygen atoms in total. The van der Waals surface area contributed by atoms with Crippen molar-refractivity contribution in [2.75, 3.05) is 0 Å². The molecule has 1 heteroatoms. The maximum absolute atomic E-state index is 2.49. The molecule has 1 heterocycles. The van der Waals surface area contributed by atoms with Crippen molar-refractivity contribution in [1.82, 2.24) is 0 Å². The summed E-state index contributed by atoms with van der Waals surface area (Å²) in [5, 5.41) is 11.3. The first-order valence-corrected chi connectivity index (χ1v) is 21.8. The van der Waals surface area contributed by atoms with Crippen LogP contribution in [0.15, 0.2) is 231 Å². The first-order chi connectivity index (χ1) is 30.3. The van der Waals surface area contributed by atoms with Crippen molar-refractivity contribution < 1.29 is 0 Å². The molecule has 11 aromatic carbocycles. The first-order valence-electron chi connectivity index (χ1n) is 21.0. The van der Waals surface area contributed by atoms with E-state index < -0.39 is 0 Å². The van der Waals surface area contributed by atoms with Crippen LogP contribution in [0.1, 0.15) is 0 Å². The molecule has 0 aliphatic carbocycles. The van der Waals surface area contributed by atoms with E-state index in [2.05, 4.69) is 231 Å². The van der Waals surface area contributed by atoms with Gasteiger partial charge in [-0.25, -0.2) is 0 Å². The molecular formula is C60H38S. The molecule has 0 spiro atoms. The van der Waals surface area contributed by atoms with Gasteiger partial charge in [-0.3, -0.25) is 0 Å². The standard InChI is InChI=1S/C60H38S/c1-5-20-40(21-6-1)53-47-29-15-16-30-48(47)54(41-22-7-2-8-23-41)52-38-46(35-36-51(52)53)59-57(43-26-11-4-12-27-43)58-50-32-18-17-31-49(50)55(45-34-33-39-19-13-14-28-44(39)37-45)56(60(58)61-59)42-24-9-3-10-25-42/h1-38H. The summed E-state index contributed by atoms with van der Waals surface area (Å²) in [4.78, 5) is 1.27. The van der Waals surface area contributed by atoms with Gasteiger partial charge in [-0.1, -0.05) is 218 Å². The number of thiophene rings is 1. The Labute approximate surface area is 359 Å². The average Bonchev–Trinajstić information content (AvgIpc) is 3.74. The number of fused-ring (bicyclic) bond motifs is 6. The molecule has 0 saturated heterocycles. The van der Waals surface area contributed by atoms with Crippen LogP contribution in [0.2, 0.25) is 0 Å². The molecule has 0 aliphatic heterocycles. The third-order valence-corrected chi connectivity index (χ3v) is 13.7. The summed E-state index contributed by atoms with van der Waals surface area (Å²) in [5.41, 5.74) is 13.7. The van der Waals surface area contributed by atoms with Crippen molar-refractivity contribution in [2.45, 2.75) is 0 Å². The van der Waals surface area contributed by atoms with Gasteiger partial charge in [-0.2, -0.15) is 0 Å². The van der Waals surface area contributed by atoms with Gasteiger partial charge < -0.3 is 0 Å². The van der Waals surface area contributed by atoms with E-state index in [-0.39, 0.29) is 0 Å². The molecule has 0 saturated carbocycles. The molecule has 12 aromatic rings. The topological polar surface area (TPSA) is 0 Å². The van der Waals surface area contributed by atoms with Gasteiger partial charge in [0, 0.05) is 26.1 Å². The lowest BCUT2D eigenvalue weighted by Gasteiger charge is -2.19. The highest BCUT2D eigenvalue weighted by molar-refractivity contribution is 7.24. The van der Waals surface area contributed by atoms with Gasteiger partial charge >= 0.3 is 0 Å². The number of hydrogen-bond donors (Lipinski definition) is 0. The highest BCUT2D eigenvalue weighted by Crippen LogP contribution is 2.55. The highest BCUT2D eigenvalue weighted by atomic mass is 32.1. The fourth-order valence-electron chi connectivity index (χ4n) is 9.79. The van der Waals surface area contributed by atoms with Crippen LogP contribution in [0, 0.1) is 0 Å². The minimum atomic E-state index is 1.22. The van der Waals surface area contributed by atoms with Crippen molar-refractivity contribution in [2.24, 2.45) is 0 Å². The summed E-state index contributed by atoms with van der Waals surface area (Å²) in [6.45, 7) is 0. The van der Waals surface area contributed by atoms with E-state index in [9.17, 15) is 0 Å². The second-order valence-corrected chi connectivity index (χ2v) is 16.9. The fourth-order valence-corrected chi connectivity index (χ4v) is 11.2. The van der Waals surface area contributed by atoms with Gasteiger partial charge in [0.2, 0.25) is 0 Å². The van der Waals surface area contributed by atoms with E-state index in [1.165, 1.54) is 119 Å². The Kier molecular flexibility index (Phi) is 8.47.